The van der Waals surface area contributed by atoms with Crippen LogP contribution in [0.15, 0.2) is 47.7 Å². The Bertz CT molecular complexity index is 609. The number of rotatable bonds is 3. The van der Waals surface area contributed by atoms with Crippen LogP contribution in [-0.2, 0) is 0 Å². The van der Waals surface area contributed by atoms with E-state index in [9.17, 15) is 9.90 Å². The minimum atomic E-state index is -0.399. The molecule has 0 aliphatic rings. The first-order valence-electron chi connectivity index (χ1n) is 5.71. The number of aryl methyl sites for hydroxylation is 1. The molecule has 1 aromatic heterocycles. The molecule has 0 saturated carbocycles. The van der Waals surface area contributed by atoms with Crippen LogP contribution in [0.1, 0.15) is 21.6 Å². The number of hydrazone groups is 1. The molecule has 2 N–H and O–H groups in total. The van der Waals surface area contributed by atoms with E-state index in [4.69, 9.17) is 0 Å². The van der Waals surface area contributed by atoms with Crippen LogP contribution in [0.3, 0.4) is 0 Å². The van der Waals surface area contributed by atoms with E-state index in [0.717, 1.165) is 5.56 Å². The largest absolute Gasteiger partial charge is 0.507 e. The number of hydrogen-bond acceptors (Lipinski definition) is 4. The van der Waals surface area contributed by atoms with Crippen molar-refractivity contribution < 1.29 is 9.90 Å². The molecule has 5 nitrogen and oxygen atoms in total. The van der Waals surface area contributed by atoms with E-state index in [0.29, 0.717) is 5.56 Å². The van der Waals surface area contributed by atoms with Crippen LogP contribution in [0, 0.1) is 6.92 Å². The van der Waals surface area contributed by atoms with E-state index in [1.807, 2.05) is 0 Å². The van der Waals surface area contributed by atoms with Crippen molar-refractivity contribution in [3.05, 3.63) is 59.4 Å². The van der Waals surface area contributed by atoms with Gasteiger partial charge in [0.2, 0.25) is 0 Å². The first kappa shape index (κ1) is 12.8. The summed E-state index contributed by atoms with van der Waals surface area (Å²) in [5, 5.41) is 13.6. The number of phenolic OH excluding ortho intramolecular Hbond substituents is 1. The zero-order chi connectivity index (χ0) is 13.7. The van der Waals surface area contributed by atoms with Gasteiger partial charge in [0.1, 0.15) is 11.4 Å². The summed E-state index contributed by atoms with van der Waals surface area (Å²) < 4.78 is 0. The molecule has 0 aliphatic heterocycles. The van der Waals surface area contributed by atoms with Gasteiger partial charge in [0.15, 0.2) is 0 Å². The predicted molar refractivity (Wildman–Crippen MR) is 72.1 cm³/mol. The van der Waals surface area contributed by atoms with Crippen molar-refractivity contribution in [2.75, 3.05) is 0 Å². The lowest BCUT2D eigenvalue weighted by Crippen LogP contribution is -2.18. The highest BCUT2D eigenvalue weighted by molar-refractivity contribution is 5.93. The number of phenols is 1. The number of aromatic hydroxyl groups is 1. The number of pyridine rings is 1. The van der Waals surface area contributed by atoms with Gasteiger partial charge in [-0.05, 0) is 30.7 Å². The van der Waals surface area contributed by atoms with Crippen LogP contribution in [0.5, 0.6) is 5.75 Å². The third kappa shape index (κ3) is 3.16. The van der Waals surface area contributed by atoms with E-state index in [2.05, 4.69) is 15.5 Å². The second-order valence-corrected chi connectivity index (χ2v) is 3.93. The van der Waals surface area contributed by atoms with E-state index < -0.39 is 5.91 Å². The highest BCUT2D eigenvalue weighted by atomic mass is 16.3. The minimum absolute atomic E-state index is 0.151. The fourth-order valence-corrected chi connectivity index (χ4v) is 1.50. The summed E-state index contributed by atoms with van der Waals surface area (Å²) in [4.78, 5) is 15.5. The zero-order valence-corrected chi connectivity index (χ0v) is 10.4. The number of benzene rings is 1. The van der Waals surface area contributed by atoms with Gasteiger partial charge in [0.05, 0.1) is 6.21 Å². The number of amides is 1. The first-order chi connectivity index (χ1) is 9.18. The smallest absolute Gasteiger partial charge is 0.289 e. The molecule has 1 aromatic carbocycles. The molecule has 0 atom stereocenters. The fourth-order valence-electron chi connectivity index (χ4n) is 1.50. The maximum Gasteiger partial charge on any atom is 0.289 e. The molecule has 0 saturated heterocycles. The zero-order valence-electron chi connectivity index (χ0n) is 10.4. The van der Waals surface area contributed by atoms with Crippen LogP contribution in [0.25, 0.3) is 0 Å². The van der Waals surface area contributed by atoms with E-state index >= 15 is 0 Å². The van der Waals surface area contributed by atoms with Crippen LogP contribution >= 0.6 is 0 Å². The molecule has 19 heavy (non-hydrogen) atoms. The van der Waals surface area contributed by atoms with Crippen molar-refractivity contribution in [2.24, 2.45) is 5.10 Å². The number of carbonyl (C=O) groups excluding carboxylic acids is 1. The lowest BCUT2D eigenvalue weighted by atomic mass is 10.1. The van der Waals surface area contributed by atoms with Gasteiger partial charge in [-0.3, -0.25) is 9.78 Å². The number of para-hydroxylation sites is 1. The second kappa shape index (κ2) is 5.77. The maximum atomic E-state index is 11.6. The molecule has 0 bridgehead atoms. The van der Waals surface area contributed by atoms with Gasteiger partial charge in [0.25, 0.3) is 5.91 Å². The topological polar surface area (TPSA) is 74.6 Å². The van der Waals surface area contributed by atoms with Crippen LogP contribution in [-0.4, -0.2) is 22.2 Å². The van der Waals surface area contributed by atoms with Gasteiger partial charge in [0, 0.05) is 11.8 Å². The third-order valence-electron chi connectivity index (χ3n) is 2.54. The standard InChI is InChI=1S/C14H13N3O2/c1-10-5-4-6-11(13(10)18)9-16-17-14(19)12-7-2-3-8-15-12/h2-9,18H,1H3,(H,17,19). The quantitative estimate of drug-likeness (QED) is 0.649. The molecule has 1 amide bonds. The minimum Gasteiger partial charge on any atom is -0.507 e. The molecule has 0 spiro atoms. The highest BCUT2D eigenvalue weighted by Crippen LogP contribution is 2.19. The molecular weight excluding hydrogens is 242 g/mol. The molecule has 0 unspecified atom stereocenters. The Kier molecular flexibility index (Phi) is 3.87. The van der Waals surface area contributed by atoms with Gasteiger partial charge >= 0.3 is 0 Å². The van der Waals surface area contributed by atoms with Crippen LogP contribution in [0.2, 0.25) is 0 Å². The highest BCUT2D eigenvalue weighted by Gasteiger charge is 2.04. The normalized spacial score (nSPS) is 10.6. The molecule has 96 valence electrons. The monoisotopic (exact) mass is 255 g/mol. The molecule has 2 aromatic rings. The molecule has 2 rings (SSSR count). The summed E-state index contributed by atoms with van der Waals surface area (Å²) in [5.41, 5.74) is 3.93. The number of nitrogens with one attached hydrogen (secondary N) is 1. The Hall–Kier alpha value is -2.69. The van der Waals surface area contributed by atoms with Crippen molar-refractivity contribution in [2.45, 2.75) is 6.92 Å². The van der Waals surface area contributed by atoms with Crippen molar-refractivity contribution >= 4 is 12.1 Å². The van der Waals surface area contributed by atoms with Gasteiger partial charge in [-0.25, -0.2) is 5.43 Å². The van der Waals surface area contributed by atoms with E-state index in [1.54, 1.807) is 43.3 Å². The molecule has 1 heterocycles. The Morgan fingerprint density at radius 1 is 1.32 bits per heavy atom. The van der Waals surface area contributed by atoms with Gasteiger partial charge in [-0.1, -0.05) is 18.2 Å². The van der Waals surface area contributed by atoms with E-state index in [-0.39, 0.29) is 11.4 Å². The summed E-state index contributed by atoms with van der Waals surface area (Å²) in [6, 6.07) is 10.3. The lowest BCUT2D eigenvalue weighted by Gasteiger charge is -2.02. The SMILES string of the molecule is Cc1cccc(C=NNC(=O)c2ccccn2)c1O. The fraction of sp³-hybridized carbons (Fsp3) is 0.0714. The van der Waals surface area contributed by atoms with Gasteiger partial charge in [-0.15, -0.1) is 0 Å². The molecule has 0 aliphatic carbocycles. The van der Waals surface area contributed by atoms with Gasteiger partial charge < -0.3 is 5.11 Å². The third-order valence-corrected chi connectivity index (χ3v) is 2.54. The average Bonchev–Trinajstić information content (AvgIpc) is 2.44. The van der Waals surface area contributed by atoms with Crippen molar-refractivity contribution in [1.82, 2.24) is 10.4 Å². The summed E-state index contributed by atoms with van der Waals surface area (Å²) in [6.45, 7) is 1.79. The number of hydrogen-bond donors (Lipinski definition) is 2. The lowest BCUT2D eigenvalue weighted by molar-refractivity contribution is 0.0950. The molecular formula is C14H13N3O2. The first-order valence-corrected chi connectivity index (χ1v) is 5.71. The van der Waals surface area contributed by atoms with Crippen LogP contribution < -0.4 is 5.43 Å². The number of nitrogens with zero attached hydrogens (tertiary/aromatic N) is 2. The summed E-state index contributed by atoms with van der Waals surface area (Å²) in [7, 11) is 0. The number of carbonyl (C=O) groups is 1. The maximum absolute atomic E-state index is 11.6. The van der Waals surface area contributed by atoms with Crippen molar-refractivity contribution in [3.63, 3.8) is 0 Å². The Morgan fingerprint density at radius 2 is 2.16 bits per heavy atom. The van der Waals surface area contributed by atoms with Crippen LogP contribution in [0.4, 0.5) is 0 Å². The summed E-state index contributed by atoms with van der Waals surface area (Å²) >= 11 is 0. The molecule has 0 radical (unpaired) electrons. The van der Waals surface area contributed by atoms with E-state index in [1.165, 1.54) is 12.4 Å². The Balaban J connectivity index is 2.05. The summed E-state index contributed by atoms with van der Waals surface area (Å²) in [5.74, 6) is -0.248. The van der Waals surface area contributed by atoms with Gasteiger partial charge in [-0.2, -0.15) is 5.10 Å². The molecule has 0 fully saturated rings. The summed E-state index contributed by atoms with van der Waals surface area (Å²) in [6.07, 6.45) is 2.92. The number of aromatic nitrogens is 1. The Morgan fingerprint density at radius 3 is 2.89 bits per heavy atom. The average molecular weight is 255 g/mol. The predicted octanol–water partition coefficient (Wildman–Crippen LogP) is 1.86. The second-order valence-electron chi connectivity index (χ2n) is 3.93. The Labute approximate surface area is 110 Å². The molecule has 5 heteroatoms. The van der Waals surface area contributed by atoms with Crippen molar-refractivity contribution in [3.8, 4) is 5.75 Å². The van der Waals surface area contributed by atoms with Crippen molar-refractivity contribution in [1.29, 1.82) is 0 Å².